The molecule has 0 heterocycles. The molecule has 2 N–H and O–H groups in total. The van der Waals surface area contributed by atoms with Gasteiger partial charge in [-0.3, -0.25) is 0 Å². The highest BCUT2D eigenvalue weighted by atomic mass is 16.5. The van der Waals surface area contributed by atoms with Gasteiger partial charge in [0.2, 0.25) is 0 Å². The van der Waals surface area contributed by atoms with Crippen LogP contribution in [0.5, 0.6) is 0 Å². The molecule has 4 heteroatoms. The molecular formula is C19H38O4. The SMILES string of the molecule is CCC(C)CC(CC(OCCCO)C(C)C1CC1)OCCCO. The lowest BCUT2D eigenvalue weighted by molar-refractivity contribution is -0.0521. The number of aliphatic hydroxyl groups is 2. The van der Waals surface area contributed by atoms with E-state index in [0.29, 0.717) is 37.9 Å². The minimum atomic E-state index is 0.185. The van der Waals surface area contributed by atoms with Gasteiger partial charge in [0.05, 0.1) is 12.2 Å². The molecule has 4 nitrogen and oxygen atoms in total. The van der Waals surface area contributed by atoms with Crippen LogP contribution in [-0.2, 0) is 9.47 Å². The molecule has 0 spiro atoms. The third-order valence-electron chi connectivity index (χ3n) is 5.10. The van der Waals surface area contributed by atoms with E-state index in [1.165, 1.54) is 12.8 Å². The largest absolute Gasteiger partial charge is 0.396 e. The Morgan fingerprint density at radius 3 is 2.09 bits per heavy atom. The van der Waals surface area contributed by atoms with E-state index in [1.54, 1.807) is 0 Å². The standard InChI is InChI=1S/C19H38O4/c1-4-15(2)13-18(22-11-5-9-20)14-19(23-12-6-10-21)16(3)17-7-8-17/h15-21H,4-14H2,1-3H3. The van der Waals surface area contributed by atoms with Crippen molar-refractivity contribution >= 4 is 0 Å². The fourth-order valence-electron chi connectivity index (χ4n) is 3.08. The van der Waals surface area contributed by atoms with Gasteiger partial charge in [-0.05, 0) is 49.9 Å². The minimum absolute atomic E-state index is 0.185. The van der Waals surface area contributed by atoms with Crippen molar-refractivity contribution in [3.05, 3.63) is 0 Å². The van der Waals surface area contributed by atoms with E-state index in [0.717, 1.165) is 25.2 Å². The van der Waals surface area contributed by atoms with Crippen molar-refractivity contribution in [2.75, 3.05) is 26.4 Å². The summed E-state index contributed by atoms with van der Waals surface area (Å²) in [4.78, 5) is 0. The average molecular weight is 331 g/mol. The molecule has 0 saturated heterocycles. The molecule has 4 atom stereocenters. The average Bonchev–Trinajstić information content (AvgIpc) is 3.38. The zero-order valence-electron chi connectivity index (χ0n) is 15.4. The maximum absolute atomic E-state index is 8.99. The van der Waals surface area contributed by atoms with Crippen LogP contribution in [-0.4, -0.2) is 48.8 Å². The number of aliphatic hydroxyl groups excluding tert-OH is 2. The summed E-state index contributed by atoms with van der Waals surface area (Å²) in [6.07, 6.45) is 7.62. The first-order valence-corrected chi connectivity index (χ1v) is 9.57. The van der Waals surface area contributed by atoms with E-state index < -0.39 is 0 Å². The molecule has 138 valence electrons. The van der Waals surface area contributed by atoms with Crippen molar-refractivity contribution < 1.29 is 19.7 Å². The van der Waals surface area contributed by atoms with Gasteiger partial charge in [0.1, 0.15) is 0 Å². The highest BCUT2D eigenvalue weighted by molar-refractivity contribution is 4.85. The van der Waals surface area contributed by atoms with Crippen LogP contribution >= 0.6 is 0 Å². The smallest absolute Gasteiger partial charge is 0.0628 e. The Labute approximate surface area is 142 Å². The van der Waals surface area contributed by atoms with Crippen molar-refractivity contribution in [3.8, 4) is 0 Å². The van der Waals surface area contributed by atoms with Crippen LogP contribution in [0.1, 0.15) is 65.7 Å². The van der Waals surface area contributed by atoms with Crippen molar-refractivity contribution in [3.63, 3.8) is 0 Å². The lowest BCUT2D eigenvalue weighted by Crippen LogP contribution is -2.31. The number of hydrogen-bond donors (Lipinski definition) is 2. The van der Waals surface area contributed by atoms with Gasteiger partial charge in [-0.25, -0.2) is 0 Å². The fraction of sp³-hybridized carbons (Fsp3) is 1.00. The molecule has 0 aliphatic heterocycles. The molecule has 0 amide bonds. The predicted molar refractivity (Wildman–Crippen MR) is 93.5 cm³/mol. The molecule has 1 aliphatic rings. The van der Waals surface area contributed by atoms with Gasteiger partial charge >= 0.3 is 0 Å². The van der Waals surface area contributed by atoms with Crippen LogP contribution in [0, 0.1) is 17.8 Å². The van der Waals surface area contributed by atoms with Crippen LogP contribution in [0.4, 0.5) is 0 Å². The molecule has 23 heavy (non-hydrogen) atoms. The topological polar surface area (TPSA) is 58.9 Å². The van der Waals surface area contributed by atoms with E-state index in [-0.39, 0.29) is 25.4 Å². The van der Waals surface area contributed by atoms with E-state index >= 15 is 0 Å². The molecule has 0 aromatic carbocycles. The van der Waals surface area contributed by atoms with Gasteiger partial charge in [-0.15, -0.1) is 0 Å². The Morgan fingerprint density at radius 2 is 1.57 bits per heavy atom. The lowest BCUT2D eigenvalue weighted by Gasteiger charge is -2.30. The van der Waals surface area contributed by atoms with Gasteiger partial charge in [0.15, 0.2) is 0 Å². The van der Waals surface area contributed by atoms with Crippen molar-refractivity contribution in [1.82, 2.24) is 0 Å². The Morgan fingerprint density at radius 1 is 0.957 bits per heavy atom. The van der Waals surface area contributed by atoms with Crippen LogP contribution in [0.2, 0.25) is 0 Å². The molecule has 0 radical (unpaired) electrons. The second-order valence-corrected chi connectivity index (χ2v) is 7.24. The van der Waals surface area contributed by atoms with Crippen LogP contribution < -0.4 is 0 Å². The lowest BCUT2D eigenvalue weighted by atomic mass is 9.90. The summed E-state index contributed by atoms with van der Waals surface area (Å²) in [6, 6.07) is 0. The molecular weight excluding hydrogens is 292 g/mol. The first-order valence-electron chi connectivity index (χ1n) is 9.57. The molecule has 0 aromatic heterocycles. The van der Waals surface area contributed by atoms with Gasteiger partial charge in [-0.2, -0.15) is 0 Å². The third-order valence-corrected chi connectivity index (χ3v) is 5.10. The van der Waals surface area contributed by atoms with Gasteiger partial charge < -0.3 is 19.7 Å². The van der Waals surface area contributed by atoms with E-state index in [9.17, 15) is 0 Å². The molecule has 4 unspecified atom stereocenters. The maximum Gasteiger partial charge on any atom is 0.0628 e. The normalized spacial score (nSPS) is 20.2. The third kappa shape index (κ3) is 9.04. The highest BCUT2D eigenvalue weighted by Gasteiger charge is 2.35. The zero-order valence-corrected chi connectivity index (χ0v) is 15.4. The van der Waals surface area contributed by atoms with E-state index in [4.69, 9.17) is 19.7 Å². The number of rotatable bonds is 15. The number of ether oxygens (including phenoxy) is 2. The summed E-state index contributed by atoms with van der Waals surface area (Å²) < 4.78 is 12.2. The predicted octanol–water partition coefficient (Wildman–Crippen LogP) is 3.39. The minimum Gasteiger partial charge on any atom is -0.396 e. The second kappa shape index (κ2) is 12.2. The first kappa shape index (κ1) is 20.9. The van der Waals surface area contributed by atoms with Gasteiger partial charge in [0, 0.05) is 32.8 Å². The van der Waals surface area contributed by atoms with Crippen molar-refractivity contribution in [2.45, 2.75) is 77.9 Å². The Kier molecular flexibility index (Phi) is 11.1. The summed E-state index contributed by atoms with van der Waals surface area (Å²) >= 11 is 0. The Hall–Kier alpha value is -0.160. The summed E-state index contributed by atoms with van der Waals surface area (Å²) in [5, 5.41) is 18.0. The first-order chi connectivity index (χ1) is 11.1. The van der Waals surface area contributed by atoms with Crippen LogP contribution in [0.25, 0.3) is 0 Å². The molecule has 0 aromatic rings. The Bertz CT molecular complexity index is 281. The zero-order chi connectivity index (χ0) is 17.1. The van der Waals surface area contributed by atoms with E-state index in [2.05, 4.69) is 20.8 Å². The van der Waals surface area contributed by atoms with Crippen molar-refractivity contribution in [1.29, 1.82) is 0 Å². The van der Waals surface area contributed by atoms with Gasteiger partial charge in [0.25, 0.3) is 0 Å². The van der Waals surface area contributed by atoms with Crippen LogP contribution in [0.3, 0.4) is 0 Å². The maximum atomic E-state index is 8.99. The molecule has 1 rings (SSSR count). The Balaban J connectivity index is 2.55. The quantitative estimate of drug-likeness (QED) is 0.452. The summed E-state index contributed by atoms with van der Waals surface area (Å²) in [5.41, 5.74) is 0. The summed E-state index contributed by atoms with van der Waals surface area (Å²) in [5.74, 6) is 2.01. The van der Waals surface area contributed by atoms with Crippen LogP contribution in [0.15, 0.2) is 0 Å². The second-order valence-electron chi connectivity index (χ2n) is 7.24. The monoisotopic (exact) mass is 330 g/mol. The summed E-state index contributed by atoms with van der Waals surface area (Å²) in [7, 11) is 0. The van der Waals surface area contributed by atoms with Gasteiger partial charge in [-0.1, -0.05) is 27.2 Å². The van der Waals surface area contributed by atoms with Crippen molar-refractivity contribution in [2.24, 2.45) is 17.8 Å². The molecule has 1 aliphatic carbocycles. The fourth-order valence-corrected chi connectivity index (χ4v) is 3.08. The molecule has 1 fully saturated rings. The highest BCUT2D eigenvalue weighted by Crippen LogP contribution is 2.40. The van der Waals surface area contributed by atoms with E-state index in [1.807, 2.05) is 0 Å². The molecule has 1 saturated carbocycles. The summed E-state index contributed by atoms with van der Waals surface area (Å²) in [6.45, 7) is 8.42. The molecule has 0 bridgehead atoms. The number of hydrogen-bond acceptors (Lipinski definition) is 4.